The van der Waals surface area contributed by atoms with E-state index in [9.17, 15) is 0 Å². The van der Waals surface area contributed by atoms with Crippen LogP contribution >= 0.6 is 0 Å². The molecule has 1 aromatic carbocycles. The number of nitrogens with zero attached hydrogens (tertiary/aromatic N) is 4. The van der Waals surface area contributed by atoms with Crippen molar-refractivity contribution in [2.75, 3.05) is 49.1 Å². The van der Waals surface area contributed by atoms with Crippen LogP contribution < -0.4 is 9.80 Å². The molecule has 0 N–H and O–H groups in total. The lowest BCUT2D eigenvalue weighted by atomic mass is 10.1. The van der Waals surface area contributed by atoms with E-state index in [1.54, 1.807) is 0 Å². The summed E-state index contributed by atoms with van der Waals surface area (Å²) in [7, 11) is 0. The van der Waals surface area contributed by atoms with Gasteiger partial charge in [0.25, 0.3) is 0 Å². The van der Waals surface area contributed by atoms with Gasteiger partial charge in [-0.05, 0) is 43.7 Å². The average molecular weight is 324 g/mol. The highest BCUT2D eigenvalue weighted by Gasteiger charge is 2.17. The van der Waals surface area contributed by atoms with Crippen molar-refractivity contribution in [3.05, 3.63) is 54.2 Å². The molecule has 0 saturated carbocycles. The molecule has 0 bridgehead atoms. The molecule has 2 heterocycles. The third-order valence-corrected chi connectivity index (χ3v) is 4.82. The number of pyridine rings is 1. The van der Waals surface area contributed by atoms with Crippen LogP contribution in [0.2, 0.25) is 0 Å². The molecule has 3 rings (SSSR count). The molecule has 24 heavy (non-hydrogen) atoms. The van der Waals surface area contributed by atoms with Crippen molar-refractivity contribution < 1.29 is 0 Å². The lowest BCUT2D eigenvalue weighted by Gasteiger charge is -2.35. The van der Waals surface area contributed by atoms with Gasteiger partial charge in [0, 0.05) is 57.7 Å². The lowest BCUT2D eigenvalue weighted by Crippen LogP contribution is -2.46. The molecule has 128 valence electrons. The van der Waals surface area contributed by atoms with E-state index in [0.29, 0.717) is 0 Å². The Bertz CT molecular complexity index is 599. The van der Waals surface area contributed by atoms with Crippen LogP contribution in [0.1, 0.15) is 19.4 Å². The van der Waals surface area contributed by atoms with E-state index in [-0.39, 0.29) is 0 Å². The highest BCUT2D eigenvalue weighted by Crippen LogP contribution is 2.18. The minimum Gasteiger partial charge on any atom is -0.372 e. The van der Waals surface area contributed by atoms with Gasteiger partial charge >= 0.3 is 0 Å². The first kappa shape index (κ1) is 16.8. The summed E-state index contributed by atoms with van der Waals surface area (Å²) >= 11 is 0. The molecule has 0 amide bonds. The number of anilines is 2. The average Bonchev–Trinajstić information content (AvgIpc) is 2.65. The monoisotopic (exact) mass is 324 g/mol. The van der Waals surface area contributed by atoms with Crippen molar-refractivity contribution in [2.45, 2.75) is 20.4 Å². The summed E-state index contributed by atoms with van der Waals surface area (Å²) in [6.45, 7) is 11.9. The van der Waals surface area contributed by atoms with Gasteiger partial charge in [-0.3, -0.25) is 4.90 Å². The molecule has 1 aromatic heterocycles. The zero-order valence-electron chi connectivity index (χ0n) is 14.9. The highest BCUT2D eigenvalue weighted by molar-refractivity contribution is 5.47. The normalized spacial score (nSPS) is 15.5. The molecule has 1 aliphatic heterocycles. The summed E-state index contributed by atoms with van der Waals surface area (Å²) in [4.78, 5) is 11.7. The predicted molar refractivity (Wildman–Crippen MR) is 102 cm³/mol. The summed E-state index contributed by atoms with van der Waals surface area (Å²) < 4.78 is 0. The van der Waals surface area contributed by atoms with Gasteiger partial charge in [-0.25, -0.2) is 4.98 Å². The Morgan fingerprint density at radius 3 is 2.21 bits per heavy atom. The summed E-state index contributed by atoms with van der Waals surface area (Å²) in [5.74, 6) is 1.10. The Balaban J connectivity index is 1.53. The minimum absolute atomic E-state index is 1.04. The maximum atomic E-state index is 4.46. The van der Waals surface area contributed by atoms with E-state index in [0.717, 1.165) is 51.6 Å². The van der Waals surface area contributed by atoms with Gasteiger partial charge < -0.3 is 9.80 Å². The van der Waals surface area contributed by atoms with Crippen LogP contribution in [0.15, 0.2) is 48.7 Å². The maximum Gasteiger partial charge on any atom is 0.128 e. The van der Waals surface area contributed by atoms with Crippen molar-refractivity contribution in [3.8, 4) is 0 Å². The Hall–Kier alpha value is -2.07. The molecule has 0 atom stereocenters. The van der Waals surface area contributed by atoms with E-state index in [1.807, 2.05) is 12.3 Å². The van der Waals surface area contributed by atoms with Crippen molar-refractivity contribution in [1.82, 2.24) is 9.88 Å². The van der Waals surface area contributed by atoms with Crippen molar-refractivity contribution in [1.29, 1.82) is 0 Å². The zero-order chi connectivity index (χ0) is 16.8. The van der Waals surface area contributed by atoms with Crippen LogP contribution in [0.3, 0.4) is 0 Å². The molecule has 2 aromatic rings. The molecule has 1 aliphatic rings. The minimum atomic E-state index is 1.04. The topological polar surface area (TPSA) is 22.6 Å². The van der Waals surface area contributed by atoms with E-state index < -0.39 is 0 Å². The first-order valence-electron chi connectivity index (χ1n) is 9.02. The standard InChI is InChI=1S/C20H28N4/c1-3-23(4-2)19-10-8-18(9-11-19)17-22-13-15-24(16-14-22)20-7-5-6-12-21-20/h5-12H,3-4,13-17H2,1-2H3. The molecule has 4 heteroatoms. The van der Waals surface area contributed by atoms with Gasteiger partial charge in [0.2, 0.25) is 0 Å². The van der Waals surface area contributed by atoms with E-state index in [1.165, 1.54) is 11.3 Å². The Labute approximate surface area is 145 Å². The van der Waals surface area contributed by atoms with E-state index >= 15 is 0 Å². The number of aromatic nitrogens is 1. The van der Waals surface area contributed by atoms with E-state index in [2.05, 4.69) is 69.9 Å². The third-order valence-electron chi connectivity index (χ3n) is 4.82. The van der Waals surface area contributed by atoms with Crippen LogP contribution in [-0.2, 0) is 6.54 Å². The second kappa shape index (κ2) is 8.15. The number of piperazine rings is 1. The van der Waals surface area contributed by atoms with Gasteiger partial charge in [0.15, 0.2) is 0 Å². The van der Waals surface area contributed by atoms with Crippen molar-refractivity contribution in [2.24, 2.45) is 0 Å². The fraction of sp³-hybridized carbons (Fsp3) is 0.450. The molecule has 0 aliphatic carbocycles. The van der Waals surface area contributed by atoms with Crippen molar-refractivity contribution >= 4 is 11.5 Å². The second-order valence-electron chi connectivity index (χ2n) is 6.29. The molecule has 0 unspecified atom stereocenters. The fourth-order valence-corrected chi connectivity index (χ4v) is 3.34. The summed E-state index contributed by atoms with van der Waals surface area (Å²) in [6, 6.07) is 15.2. The lowest BCUT2D eigenvalue weighted by molar-refractivity contribution is 0.249. The largest absolute Gasteiger partial charge is 0.372 e. The zero-order valence-corrected chi connectivity index (χ0v) is 14.9. The molecule has 0 radical (unpaired) electrons. The van der Waals surface area contributed by atoms with Gasteiger partial charge in [-0.1, -0.05) is 18.2 Å². The SMILES string of the molecule is CCN(CC)c1ccc(CN2CCN(c3ccccn3)CC2)cc1. The Morgan fingerprint density at radius 1 is 0.917 bits per heavy atom. The molecular weight excluding hydrogens is 296 g/mol. The maximum absolute atomic E-state index is 4.46. The van der Waals surface area contributed by atoms with Gasteiger partial charge in [0.1, 0.15) is 5.82 Å². The van der Waals surface area contributed by atoms with Crippen LogP contribution in [0, 0.1) is 0 Å². The number of benzene rings is 1. The molecule has 0 spiro atoms. The van der Waals surface area contributed by atoms with Crippen LogP contribution in [-0.4, -0.2) is 49.2 Å². The van der Waals surface area contributed by atoms with Gasteiger partial charge in [0.05, 0.1) is 0 Å². The van der Waals surface area contributed by atoms with Crippen LogP contribution in [0.25, 0.3) is 0 Å². The summed E-state index contributed by atoms with van der Waals surface area (Å²) in [5.41, 5.74) is 2.72. The third kappa shape index (κ3) is 4.06. The van der Waals surface area contributed by atoms with Crippen LogP contribution in [0.4, 0.5) is 11.5 Å². The smallest absolute Gasteiger partial charge is 0.128 e. The second-order valence-corrected chi connectivity index (χ2v) is 6.29. The number of hydrogen-bond donors (Lipinski definition) is 0. The Kier molecular flexibility index (Phi) is 5.70. The number of hydrogen-bond acceptors (Lipinski definition) is 4. The summed E-state index contributed by atoms with van der Waals surface area (Å²) in [6.07, 6.45) is 1.87. The van der Waals surface area contributed by atoms with E-state index in [4.69, 9.17) is 0 Å². The number of rotatable bonds is 6. The van der Waals surface area contributed by atoms with Gasteiger partial charge in [-0.2, -0.15) is 0 Å². The predicted octanol–water partition coefficient (Wildman–Crippen LogP) is 3.25. The highest BCUT2D eigenvalue weighted by atomic mass is 15.3. The molecular formula is C20H28N4. The first-order valence-corrected chi connectivity index (χ1v) is 9.02. The van der Waals surface area contributed by atoms with Gasteiger partial charge in [-0.15, -0.1) is 0 Å². The Morgan fingerprint density at radius 2 is 1.62 bits per heavy atom. The molecule has 1 fully saturated rings. The fourth-order valence-electron chi connectivity index (χ4n) is 3.34. The molecule has 1 saturated heterocycles. The summed E-state index contributed by atoms with van der Waals surface area (Å²) in [5, 5.41) is 0. The molecule has 4 nitrogen and oxygen atoms in total. The van der Waals surface area contributed by atoms with Crippen LogP contribution in [0.5, 0.6) is 0 Å². The first-order chi connectivity index (χ1) is 11.8. The quantitative estimate of drug-likeness (QED) is 0.813. The van der Waals surface area contributed by atoms with Crippen molar-refractivity contribution in [3.63, 3.8) is 0 Å².